The van der Waals surface area contributed by atoms with Crippen molar-refractivity contribution < 1.29 is 14.3 Å². The van der Waals surface area contributed by atoms with E-state index in [0.717, 1.165) is 10.4 Å². The average Bonchev–Trinajstić information content (AvgIpc) is 3.14. The van der Waals surface area contributed by atoms with Gasteiger partial charge in [0.05, 0.1) is 15.7 Å². The van der Waals surface area contributed by atoms with Crippen LogP contribution in [0.3, 0.4) is 0 Å². The molecule has 3 aromatic rings. The fraction of sp³-hybridized carbons (Fsp3) is 0.150. The number of ether oxygens (including phenoxy) is 1. The number of para-hydroxylation sites is 2. The fourth-order valence-corrected chi connectivity index (χ4v) is 4.19. The predicted molar refractivity (Wildman–Crippen MR) is 114 cm³/mol. The van der Waals surface area contributed by atoms with Crippen molar-refractivity contribution in [1.29, 1.82) is 0 Å². The molecule has 0 bridgehead atoms. The van der Waals surface area contributed by atoms with Crippen LogP contribution in [0.4, 0.5) is 10.8 Å². The summed E-state index contributed by atoms with van der Waals surface area (Å²) in [6.45, 7) is -0.208. The number of hydrogen-bond acceptors (Lipinski definition) is 5. The van der Waals surface area contributed by atoms with Crippen LogP contribution in [0, 0.1) is 0 Å². The highest BCUT2D eigenvalue weighted by Gasteiger charge is 2.27. The van der Waals surface area contributed by atoms with Gasteiger partial charge in [-0.1, -0.05) is 47.5 Å². The van der Waals surface area contributed by atoms with Crippen LogP contribution in [0.25, 0.3) is 0 Å². The largest absolute Gasteiger partial charge is 0.482 e. The molecule has 0 aliphatic carbocycles. The van der Waals surface area contributed by atoms with Crippen LogP contribution in [-0.2, 0) is 16.0 Å². The highest BCUT2D eigenvalue weighted by Crippen LogP contribution is 2.32. The first-order valence-electron chi connectivity index (χ1n) is 8.71. The van der Waals surface area contributed by atoms with E-state index in [1.807, 2.05) is 18.2 Å². The topological polar surface area (TPSA) is 71.5 Å². The predicted octanol–water partition coefficient (Wildman–Crippen LogP) is 4.40. The van der Waals surface area contributed by atoms with Crippen LogP contribution in [0.2, 0.25) is 10.0 Å². The number of carbonyl (C=O) groups is 2. The van der Waals surface area contributed by atoms with Crippen molar-refractivity contribution in [3.8, 4) is 5.75 Å². The van der Waals surface area contributed by atoms with E-state index in [1.54, 1.807) is 30.5 Å². The minimum Gasteiger partial charge on any atom is -0.482 e. The van der Waals surface area contributed by atoms with E-state index in [-0.39, 0.29) is 25.0 Å². The lowest BCUT2D eigenvalue weighted by atomic mass is 10.1. The second kappa shape index (κ2) is 8.41. The Kier molecular flexibility index (Phi) is 5.71. The summed E-state index contributed by atoms with van der Waals surface area (Å²) in [5.74, 6) is -0.0270. The summed E-state index contributed by atoms with van der Waals surface area (Å²) in [5, 5.41) is 4.21. The first-order valence-corrected chi connectivity index (χ1v) is 10.3. The second-order valence-electron chi connectivity index (χ2n) is 6.31. The molecule has 1 aliphatic rings. The molecule has 0 saturated heterocycles. The number of fused-ring (bicyclic) bond motifs is 1. The number of hydrogen-bond donors (Lipinski definition) is 1. The first-order chi connectivity index (χ1) is 14.0. The van der Waals surface area contributed by atoms with Crippen molar-refractivity contribution >= 4 is 57.2 Å². The highest BCUT2D eigenvalue weighted by atomic mass is 35.5. The Morgan fingerprint density at radius 2 is 2.03 bits per heavy atom. The maximum atomic E-state index is 12.5. The van der Waals surface area contributed by atoms with E-state index < -0.39 is 0 Å². The molecular formula is C20H15Cl2N3O3S. The van der Waals surface area contributed by atoms with Crippen LogP contribution in [-0.4, -0.2) is 29.9 Å². The minimum atomic E-state index is -0.336. The highest BCUT2D eigenvalue weighted by molar-refractivity contribution is 7.15. The lowest BCUT2D eigenvalue weighted by molar-refractivity contribution is -0.123. The molecule has 6 nitrogen and oxygen atoms in total. The molecule has 29 heavy (non-hydrogen) atoms. The van der Waals surface area contributed by atoms with Crippen molar-refractivity contribution in [3.05, 3.63) is 69.1 Å². The van der Waals surface area contributed by atoms with Gasteiger partial charge in [0, 0.05) is 17.5 Å². The van der Waals surface area contributed by atoms with Gasteiger partial charge in [0.1, 0.15) is 12.3 Å². The summed E-state index contributed by atoms with van der Waals surface area (Å²) in [4.78, 5) is 31.3. The zero-order valence-electron chi connectivity index (χ0n) is 15.0. The Morgan fingerprint density at radius 3 is 2.90 bits per heavy atom. The zero-order valence-corrected chi connectivity index (χ0v) is 17.4. The van der Waals surface area contributed by atoms with Crippen molar-refractivity contribution in [3.63, 3.8) is 0 Å². The Labute approximate surface area is 181 Å². The van der Waals surface area contributed by atoms with Crippen molar-refractivity contribution in [2.75, 3.05) is 23.4 Å². The van der Waals surface area contributed by atoms with Crippen molar-refractivity contribution in [2.45, 2.75) is 6.42 Å². The summed E-state index contributed by atoms with van der Waals surface area (Å²) in [5.41, 5.74) is 1.46. The number of anilines is 2. The van der Waals surface area contributed by atoms with Crippen LogP contribution < -0.4 is 15.0 Å². The molecular weight excluding hydrogens is 433 g/mol. The van der Waals surface area contributed by atoms with E-state index in [1.165, 1.54) is 16.2 Å². The van der Waals surface area contributed by atoms with E-state index in [0.29, 0.717) is 33.0 Å². The van der Waals surface area contributed by atoms with Gasteiger partial charge < -0.3 is 10.1 Å². The summed E-state index contributed by atoms with van der Waals surface area (Å²) in [6, 6.07) is 12.6. The number of nitrogens with zero attached hydrogens (tertiary/aromatic N) is 2. The molecule has 0 saturated carbocycles. The van der Waals surface area contributed by atoms with Gasteiger partial charge in [-0.2, -0.15) is 0 Å². The third-order valence-corrected chi connectivity index (χ3v) is 6.08. The third kappa shape index (κ3) is 4.37. The van der Waals surface area contributed by atoms with Crippen molar-refractivity contribution in [1.82, 2.24) is 4.98 Å². The van der Waals surface area contributed by atoms with Gasteiger partial charge in [-0.15, -0.1) is 11.3 Å². The van der Waals surface area contributed by atoms with E-state index >= 15 is 0 Å². The quantitative estimate of drug-likeness (QED) is 0.628. The molecule has 2 amide bonds. The molecule has 2 heterocycles. The van der Waals surface area contributed by atoms with Gasteiger partial charge in [0.15, 0.2) is 11.7 Å². The molecule has 2 aromatic carbocycles. The van der Waals surface area contributed by atoms with Crippen molar-refractivity contribution in [2.24, 2.45) is 0 Å². The molecule has 1 aliphatic heterocycles. The number of halogens is 2. The van der Waals surface area contributed by atoms with Gasteiger partial charge in [-0.05, 0) is 23.8 Å². The van der Waals surface area contributed by atoms with Gasteiger partial charge >= 0.3 is 0 Å². The summed E-state index contributed by atoms with van der Waals surface area (Å²) >= 11 is 13.6. The Hall–Kier alpha value is -2.61. The standard InChI is InChI=1S/C20H15Cl2N3O3S/c21-14-5-3-4-12(19(14)22)8-13-9-23-20(29-13)24-17(26)10-25-15-6-1-2-7-16(15)28-11-18(25)27/h1-7,9H,8,10-11H2,(H,23,24,26). The number of thiazole rings is 1. The van der Waals surface area contributed by atoms with Crippen LogP contribution >= 0.6 is 34.5 Å². The molecule has 0 spiro atoms. The Morgan fingerprint density at radius 1 is 1.21 bits per heavy atom. The lowest BCUT2D eigenvalue weighted by Crippen LogP contribution is -2.43. The van der Waals surface area contributed by atoms with Crippen LogP contribution in [0.15, 0.2) is 48.7 Å². The van der Waals surface area contributed by atoms with Crippen LogP contribution in [0.1, 0.15) is 10.4 Å². The molecule has 4 rings (SSSR count). The second-order valence-corrected chi connectivity index (χ2v) is 8.21. The maximum Gasteiger partial charge on any atom is 0.265 e. The maximum absolute atomic E-state index is 12.5. The number of nitrogens with one attached hydrogen (secondary N) is 1. The molecule has 0 unspecified atom stereocenters. The van der Waals surface area contributed by atoms with E-state index in [9.17, 15) is 9.59 Å². The smallest absolute Gasteiger partial charge is 0.265 e. The van der Waals surface area contributed by atoms with Gasteiger partial charge in [-0.3, -0.25) is 14.5 Å². The molecule has 1 N–H and O–H groups in total. The summed E-state index contributed by atoms with van der Waals surface area (Å²) in [6.07, 6.45) is 2.24. The lowest BCUT2D eigenvalue weighted by Gasteiger charge is -2.28. The van der Waals surface area contributed by atoms with Gasteiger partial charge in [-0.25, -0.2) is 4.98 Å². The molecule has 148 valence electrons. The first kappa shape index (κ1) is 19.7. The normalized spacial score (nSPS) is 13.0. The van der Waals surface area contributed by atoms with Gasteiger partial charge in [0.25, 0.3) is 5.91 Å². The molecule has 1 aromatic heterocycles. The number of benzene rings is 2. The molecule has 0 radical (unpaired) electrons. The SMILES string of the molecule is O=C(CN1C(=O)COc2ccccc21)Nc1ncc(Cc2cccc(Cl)c2Cl)s1. The fourth-order valence-electron chi connectivity index (χ4n) is 2.95. The Balaban J connectivity index is 1.42. The number of aromatic nitrogens is 1. The minimum absolute atomic E-state index is 0.0912. The summed E-state index contributed by atoms with van der Waals surface area (Å²) < 4.78 is 5.39. The van der Waals surface area contributed by atoms with E-state index in [2.05, 4.69) is 10.3 Å². The number of amides is 2. The summed E-state index contributed by atoms with van der Waals surface area (Å²) in [7, 11) is 0. The monoisotopic (exact) mass is 447 g/mol. The molecule has 0 atom stereocenters. The Bertz CT molecular complexity index is 1090. The van der Waals surface area contributed by atoms with Gasteiger partial charge in [0.2, 0.25) is 5.91 Å². The third-order valence-electron chi connectivity index (χ3n) is 4.31. The number of rotatable bonds is 5. The number of carbonyl (C=O) groups excluding carboxylic acids is 2. The average molecular weight is 448 g/mol. The zero-order chi connectivity index (χ0) is 20.4. The molecule has 0 fully saturated rings. The van der Waals surface area contributed by atoms with Crippen LogP contribution in [0.5, 0.6) is 5.75 Å². The molecule has 9 heteroatoms. The van der Waals surface area contributed by atoms with E-state index in [4.69, 9.17) is 27.9 Å².